The van der Waals surface area contributed by atoms with Gasteiger partial charge in [-0.2, -0.15) is 0 Å². The smallest absolute Gasteiger partial charge is 0.240 e. The van der Waals surface area contributed by atoms with Gasteiger partial charge in [-0.25, -0.2) is 18.1 Å². The number of aliphatic imine (C=N–C) groups is 1. The summed E-state index contributed by atoms with van der Waals surface area (Å²) in [4.78, 5) is 10.1. The lowest BCUT2D eigenvalue weighted by molar-refractivity contribution is 0.582. The summed E-state index contributed by atoms with van der Waals surface area (Å²) in [5.74, 6) is 0.646. The first-order valence-corrected chi connectivity index (χ1v) is 11.3. The van der Waals surface area contributed by atoms with Crippen LogP contribution in [-0.2, 0) is 16.4 Å². The molecule has 28 heavy (non-hydrogen) atoms. The van der Waals surface area contributed by atoms with Gasteiger partial charge in [0.15, 0.2) is 5.96 Å². The number of nitrogens with one attached hydrogen (secondary N) is 3. The van der Waals surface area contributed by atoms with Crippen LogP contribution in [-0.4, -0.2) is 45.5 Å². The fourth-order valence-corrected chi connectivity index (χ4v) is 4.32. The maximum Gasteiger partial charge on any atom is 0.240 e. The number of aryl methyl sites for hydroxylation is 1. The second kappa shape index (κ2) is 12.6. The highest BCUT2D eigenvalue weighted by Gasteiger charge is 2.13. The van der Waals surface area contributed by atoms with E-state index in [0.29, 0.717) is 24.1 Å². The van der Waals surface area contributed by atoms with Gasteiger partial charge in [0.1, 0.15) is 0 Å². The molecule has 7 nitrogen and oxygen atoms in total. The monoisotopic (exact) mass is 557 g/mol. The first kappa shape index (κ1) is 25.1. The highest BCUT2D eigenvalue weighted by atomic mass is 127. The largest absolute Gasteiger partial charge is 0.357 e. The Morgan fingerprint density at radius 1 is 1.29 bits per heavy atom. The van der Waals surface area contributed by atoms with Crippen molar-refractivity contribution in [3.8, 4) is 0 Å². The second-order valence-corrected chi connectivity index (χ2v) is 9.18. The van der Waals surface area contributed by atoms with Crippen molar-refractivity contribution in [2.24, 2.45) is 4.99 Å². The molecular formula is C17H25ClIN5O2S2. The van der Waals surface area contributed by atoms with Gasteiger partial charge in [-0.15, -0.1) is 35.3 Å². The number of guanidine groups is 1. The third-order valence-corrected chi connectivity index (χ3v) is 6.09. The SMILES string of the molecule is CCNC(=NCCNS(=O)(=O)c1cccc(Cl)c1)NCCc1ncc(C)s1.I. The molecule has 1 heterocycles. The van der Waals surface area contributed by atoms with E-state index in [1.807, 2.05) is 20.0 Å². The number of hydrogen-bond acceptors (Lipinski definition) is 5. The number of thiazole rings is 1. The molecule has 0 radical (unpaired) electrons. The zero-order valence-electron chi connectivity index (χ0n) is 15.7. The summed E-state index contributed by atoms with van der Waals surface area (Å²) in [6.45, 7) is 5.93. The van der Waals surface area contributed by atoms with Crippen molar-refractivity contribution in [3.05, 3.63) is 45.4 Å². The van der Waals surface area contributed by atoms with E-state index >= 15 is 0 Å². The molecule has 3 N–H and O–H groups in total. The van der Waals surface area contributed by atoms with Gasteiger partial charge < -0.3 is 10.6 Å². The van der Waals surface area contributed by atoms with Crippen LogP contribution in [0.15, 0.2) is 40.4 Å². The van der Waals surface area contributed by atoms with Gasteiger partial charge in [0.2, 0.25) is 10.0 Å². The predicted molar refractivity (Wildman–Crippen MR) is 127 cm³/mol. The van der Waals surface area contributed by atoms with Crippen LogP contribution in [0.3, 0.4) is 0 Å². The quantitative estimate of drug-likeness (QED) is 0.191. The Kier molecular flexibility index (Phi) is 11.3. The molecule has 0 aliphatic rings. The Bertz CT molecular complexity index is 874. The summed E-state index contributed by atoms with van der Waals surface area (Å²) in [6.07, 6.45) is 2.68. The zero-order chi connectivity index (χ0) is 19.7. The van der Waals surface area contributed by atoms with Gasteiger partial charge in [-0.3, -0.25) is 4.99 Å². The van der Waals surface area contributed by atoms with Crippen LogP contribution in [0.5, 0.6) is 0 Å². The molecule has 156 valence electrons. The van der Waals surface area contributed by atoms with Gasteiger partial charge in [-0.05, 0) is 32.0 Å². The lowest BCUT2D eigenvalue weighted by Gasteiger charge is -2.11. The van der Waals surface area contributed by atoms with Crippen molar-refractivity contribution in [1.82, 2.24) is 20.3 Å². The average molecular weight is 558 g/mol. The Hall–Kier alpha value is -0.950. The number of hydrogen-bond donors (Lipinski definition) is 3. The normalized spacial score (nSPS) is 11.8. The number of halogens is 2. The molecule has 0 saturated heterocycles. The van der Waals surface area contributed by atoms with Crippen molar-refractivity contribution in [2.75, 3.05) is 26.2 Å². The third kappa shape index (κ3) is 8.60. The standard InChI is InChI=1S/C17H24ClN5O2S2.HI/c1-3-19-17(20-8-7-16-22-12-13(2)26-16)21-9-10-23-27(24,25)15-6-4-5-14(18)11-15;/h4-6,11-12,23H,3,7-10H2,1-2H3,(H2,19,20,21);1H. The van der Waals surface area contributed by atoms with E-state index in [9.17, 15) is 8.42 Å². The van der Waals surface area contributed by atoms with Crippen LogP contribution in [0, 0.1) is 6.92 Å². The van der Waals surface area contributed by atoms with Gasteiger partial charge in [0, 0.05) is 42.2 Å². The molecule has 2 aromatic rings. The second-order valence-electron chi connectivity index (χ2n) is 5.66. The molecule has 0 saturated carbocycles. The lowest BCUT2D eigenvalue weighted by Crippen LogP contribution is -2.39. The van der Waals surface area contributed by atoms with Crippen LogP contribution < -0.4 is 15.4 Å². The molecule has 1 aromatic heterocycles. The molecule has 1 aromatic carbocycles. The Morgan fingerprint density at radius 2 is 2.07 bits per heavy atom. The molecule has 0 aliphatic carbocycles. The summed E-state index contributed by atoms with van der Waals surface area (Å²) in [6, 6.07) is 6.15. The van der Waals surface area contributed by atoms with E-state index in [2.05, 4.69) is 25.3 Å². The molecule has 0 amide bonds. The van der Waals surface area contributed by atoms with Crippen molar-refractivity contribution in [1.29, 1.82) is 0 Å². The minimum absolute atomic E-state index is 0. The Labute approximate surface area is 192 Å². The zero-order valence-corrected chi connectivity index (χ0v) is 20.5. The molecule has 2 rings (SSSR count). The highest BCUT2D eigenvalue weighted by Crippen LogP contribution is 2.15. The number of rotatable bonds is 9. The molecule has 0 fully saturated rings. The fraction of sp³-hybridized carbons (Fsp3) is 0.412. The summed E-state index contributed by atoms with van der Waals surface area (Å²) >= 11 is 7.53. The van der Waals surface area contributed by atoms with Gasteiger partial charge in [0.25, 0.3) is 0 Å². The first-order chi connectivity index (χ1) is 12.9. The van der Waals surface area contributed by atoms with E-state index in [0.717, 1.165) is 18.0 Å². The van der Waals surface area contributed by atoms with Crippen LogP contribution in [0.4, 0.5) is 0 Å². The topological polar surface area (TPSA) is 95.5 Å². The number of sulfonamides is 1. The minimum Gasteiger partial charge on any atom is -0.357 e. The Morgan fingerprint density at radius 3 is 2.71 bits per heavy atom. The predicted octanol–water partition coefficient (Wildman–Crippen LogP) is 2.80. The first-order valence-electron chi connectivity index (χ1n) is 8.59. The molecule has 0 spiro atoms. The molecule has 0 unspecified atom stereocenters. The lowest BCUT2D eigenvalue weighted by atomic mass is 10.4. The number of benzene rings is 1. The molecule has 0 atom stereocenters. The maximum absolute atomic E-state index is 12.2. The maximum atomic E-state index is 12.2. The third-order valence-electron chi connectivity index (χ3n) is 3.42. The van der Waals surface area contributed by atoms with Crippen molar-refractivity contribution in [3.63, 3.8) is 0 Å². The average Bonchev–Trinajstić information content (AvgIpc) is 3.04. The summed E-state index contributed by atoms with van der Waals surface area (Å²) in [5.41, 5.74) is 0. The van der Waals surface area contributed by atoms with Crippen molar-refractivity contribution in [2.45, 2.75) is 25.2 Å². The Balaban J connectivity index is 0.00000392. The van der Waals surface area contributed by atoms with Crippen molar-refractivity contribution >= 4 is 62.9 Å². The summed E-state index contributed by atoms with van der Waals surface area (Å²) in [5, 5.41) is 7.82. The van der Waals surface area contributed by atoms with Gasteiger partial charge in [-0.1, -0.05) is 17.7 Å². The fourth-order valence-electron chi connectivity index (χ4n) is 2.21. The molecule has 11 heteroatoms. The number of aromatic nitrogens is 1. The van der Waals surface area contributed by atoms with Crippen LogP contribution in [0.1, 0.15) is 16.8 Å². The van der Waals surface area contributed by atoms with Crippen LogP contribution in [0.25, 0.3) is 0 Å². The summed E-state index contributed by atoms with van der Waals surface area (Å²) in [7, 11) is -3.60. The molecule has 0 bridgehead atoms. The van der Waals surface area contributed by atoms with Crippen LogP contribution >= 0.6 is 46.9 Å². The van der Waals surface area contributed by atoms with E-state index in [-0.39, 0.29) is 35.4 Å². The van der Waals surface area contributed by atoms with E-state index in [1.165, 1.54) is 17.0 Å². The molecular weight excluding hydrogens is 533 g/mol. The highest BCUT2D eigenvalue weighted by molar-refractivity contribution is 14.0. The van der Waals surface area contributed by atoms with Gasteiger partial charge >= 0.3 is 0 Å². The number of nitrogens with zero attached hydrogens (tertiary/aromatic N) is 2. The van der Waals surface area contributed by atoms with Crippen molar-refractivity contribution < 1.29 is 8.42 Å². The van der Waals surface area contributed by atoms with E-state index < -0.39 is 10.0 Å². The van der Waals surface area contributed by atoms with E-state index in [4.69, 9.17) is 11.6 Å². The van der Waals surface area contributed by atoms with E-state index in [1.54, 1.807) is 23.5 Å². The molecule has 0 aliphatic heterocycles. The summed E-state index contributed by atoms with van der Waals surface area (Å²) < 4.78 is 27.0. The van der Waals surface area contributed by atoms with Gasteiger partial charge in [0.05, 0.1) is 16.4 Å². The minimum atomic E-state index is -3.60. The van der Waals surface area contributed by atoms with Crippen LogP contribution in [0.2, 0.25) is 5.02 Å².